The van der Waals surface area contributed by atoms with Crippen molar-refractivity contribution in [3.8, 4) is 11.5 Å². The van der Waals surface area contributed by atoms with Crippen LogP contribution in [-0.4, -0.2) is 55.2 Å². The van der Waals surface area contributed by atoms with Gasteiger partial charge in [-0.15, -0.1) is 0 Å². The van der Waals surface area contributed by atoms with Crippen LogP contribution in [0.5, 0.6) is 11.5 Å². The van der Waals surface area contributed by atoms with E-state index in [2.05, 4.69) is 0 Å². The normalized spacial score (nSPS) is 18.1. The van der Waals surface area contributed by atoms with Crippen LogP contribution in [0, 0.1) is 6.92 Å². The molecular weight excluding hydrogens is 402 g/mol. The molecular formula is C23H27NO7. The number of aryl methyl sites for hydroxylation is 1. The van der Waals surface area contributed by atoms with E-state index in [9.17, 15) is 14.7 Å². The first kappa shape index (κ1) is 22.4. The summed E-state index contributed by atoms with van der Waals surface area (Å²) in [5.74, 6) is -0.332. The first-order chi connectivity index (χ1) is 14.8. The molecule has 31 heavy (non-hydrogen) atoms. The maximum atomic E-state index is 13.0. The van der Waals surface area contributed by atoms with Crippen molar-refractivity contribution in [3.05, 3.63) is 53.0 Å². The zero-order chi connectivity index (χ0) is 22.7. The first-order valence-corrected chi connectivity index (χ1v) is 9.97. The van der Waals surface area contributed by atoms with E-state index in [-0.39, 0.29) is 36.2 Å². The third-order valence-electron chi connectivity index (χ3n) is 5.02. The van der Waals surface area contributed by atoms with E-state index in [4.69, 9.17) is 18.6 Å². The summed E-state index contributed by atoms with van der Waals surface area (Å²) in [4.78, 5) is 27.3. The molecule has 3 rings (SSSR count). The van der Waals surface area contributed by atoms with Gasteiger partial charge in [0.25, 0.3) is 11.7 Å². The minimum Gasteiger partial charge on any atom is -0.506 e. The first-order valence-electron chi connectivity index (χ1n) is 9.97. The highest BCUT2D eigenvalue weighted by molar-refractivity contribution is 6.46. The van der Waals surface area contributed by atoms with E-state index in [0.717, 1.165) is 0 Å². The maximum absolute atomic E-state index is 13.0. The minimum absolute atomic E-state index is 0.0287. The van der Waals surface area contributed by atoms with Gasteiger partial charge in [0.05, 0.1) is 32.5 Å². The molecule has 0 saturated carbocycles. The molecule has 1 saturated heterocycles. The molecule has 1 amide bonds. The van der Waals surface area contributed by atoms with Gasteiger partial charge in [-0.2, -0.15) is 0 Å². The molecule has 0 radical (unpaired) electrons. The van der Waals surface area contributed by atoms with Crippen molar-refractivity contribution in [2.45, 2.75) is 32.9 Å². The van der Waals surface area contributed by atoms with Crippen molar-refractivity contribution < 1.29 is 33.3 Å². The molecule has 8 heteroatoms. The van der Waals surface area contributed by atoms with Gasteiger partial charge in [0.15, 0.2) is 0 Å². The Bertz CT molecular complexity index is 983. The number of furan rings is 1. The second-order valence-electron chi connectivity index (χ2n) is 7.40. The van der Waals surface area contributed by atoms with E-state index in [1.54, 1.807) is 37.3 Å². The van der Waals surface area contributed by atoms with Gasteiger partial charge < -0.3 is 28.6 Å². The smallest absolute Gasteiger partial charge is 0.295 e. The summed E-state index contributed by atoms with van der Waals surface area (Å²) in [7, 11) is 2.89. The number of ether oxygens (including phenoxy) is 3. The number of ketones is 1. The number of aliphatic hydroxyl groups is 1. The number of Topliss-reactive ketones (excluding diaryl/α,β-unsaturated/α-hetero) is 1. The highest BCUT2D eigenvalue weighted by Gasteiger charge is 2.48. The van der Waals surface area contributed by atoms with Gasteiger partial charge in [0.1, 0.15) is 40.4 Å². The number of likely N-dealkylation sites (tertiary alicyclic amines) is 1. The van der Waals surface area contributed by atoms with E-state index >= 15 is 0 Å². The molecule has 1 aromatic heterocycles. The minimum atomic E-state index is -0.904. The van der Waals surface area contributed by atoms with Crippen molar-refractivity contribution in [1.29, 1.82) is 0 Å². The summed E-state index contributed by atoms with van der Waals surface area (Å²) in [6.07, 6.45) is -0.0287. The standard InChI is InChI=1S/C23H27NO7/c1-13(2)30-12-11-24-20(17-10-9-14(3)31-17)19(22(26)23(24)27)21(25)18-15(28-4)7-6-8-16(18)29-5/h6-10,13,20,25H,11-12H2,1-5H3/b21-19+. The Kier molecular flexibility index (Phi) is 6.70. The van der Waals surface area contributed by atoms with Crippen LogP contribution in [0.1, 0.15) is 37.0 Å². The number of benzene rings is 1. The summed E-state index contributed by atoms with van der Waals surface area (Å²) in [5.41, 5.74) is 0.101. The van der Waals surface area contributed by atoms with Gasteiger partial charge in [-0.25, -0.2) is 0 Å². The van der Waals surface area contributed by atoms with Crippen molar-refractivity contribution >= 4 is 17.4 Å². The third-order valence-corrected chi connectivity index (χ3v) is 5.02. The van der Waals surface area contributed by atoms with Crippen molar-refractivity contribution in [3.63, 3.8) is 0 Å². The Morgan fingerprint density at radius 1 is 1.13 bits per heavy atom. The van der Waals surface area contributed by atoms with Gasteiger partial charge in [-0.05, 0) is 45.0 Å². The Balaban J connectivity index is 2.17. The molecule has 1 aliphatic heterocycles. The molecule has 2 aromatic rings. The highest BCUT2D eigenvalue weighted by atomic mass is 16.5. The molecule has 2 heterocycles. The Hall–Kier alpha value is -3.26. The predicted molar refractivity (Wildman–Crippen MR) is 113 cm³/mol. The monoisotopic (exact) mass is 429 g/mol. The summed E-state index contributed by atoms with van der Waals surface area (Å²) in [6.45, 7) is 5.93. The van der Waals surface area contributed by atoms with Gasteiger partial charge in [-0.1, -0.05) is 6.07 Å². The Labute approximate surface area is 181 Å². The van der Waals surface area contributed by atoms with Gasteiger partial charge in [-0.3, -0.25) is 9.59 Å². The van der Waals surface area contributed by atoms with Gasteiger partial charge in [0, 0.05) is 6.54 Å². The average Bonchev–Trinajstić information content (AvgIpc) is 3.28. The van der Waals surface area contributed by atoms with E-state index < -0.39 is 17.7 Å². The SMILES string of the molecule is COc1cccc(OC)c1/C(O)=C1\C(=O)C(=O)N(CCOC(C)C)C1c1ccc(C)o1. The molecule has 8 nitrogen and oxygen atoms in total. The maximum Gasteiger partial charge on any atom is 0.295 e. The molecule has 0 spiro atoms. The fourth-order valence-electron chi connectivity index (χ4n) is 3.61. The lowest BCUT2D eigenvalue weighted by Gasteiger charge is -2.24. The van der Waals surface area contributed by atoms with Crippen LogP contribution in [0.2, 0.25) is 0 Å². The summed E-state index contributed by atoms with van der Waals surface area (Å²) in [5, 5.41) is 11.2. The van der Waals surface area contributed by atoms with Crippen LogP contribution < -0.4 is 9.47 Å². The lowest BCUT2D eigenvalue weighted by Crippen LogP contribution is -2.33. The van der Waals surface area contributed by atoms with Crippen LogP contribution >= 0.6 is 0 Å². The number of nitrogens with zero attached hydrogens (tertiary/aromatic N) is 1. The summed E-state index contributed by atoms with van der Waals surface area (Å²) < 4.78 is 22.1. The number of carbonyl (C=O) groups is 2. The largest absolute Gasteiger partial charge is 0.506 e. The second-order valence-corrected chi connectivity index (χ2v) is 7.40. The summed E-state index contributed by atoms with van der Waals surface area (Å²) >= 11 is 0. The number of aliphatic hydroxyl groups excluding tert-OH is 1. The lowest BCUT2D eigenvalue weighted by molar-refractivity contribution is -0.140. The van der Waals surface area contributed by atoms with Crippen molar-refractivity contribution in [2.24, 2.45) is 0 Å². The molecule has 1 fully saturated rings. The quantitative estimate of drug-likeness (QED) is 0.390. The third kappa shape index (κ3) is 4.29. The van der Waals surface area contributed by atoms with Gasteiger partial charge in [0.2, 0.25) is 0 Å². The van der Waals surface area contributed by atoms with E-state index in [1.165, 1.54) is 19.1 Å². The zero-order valence-corrected chi connectivity index (χ0v) is 18.3. The van der Waals surface area contributed by atoms with Crippen LogP contribution in [0.25, 0.3) is 5.76 Å². The summed E-state index contributed by atoms with van der Waals surface area (Å²) in [6, 6.07) is 7.49. The van der Waals surface area contributed by atoms with Crippen molar-refractivity contribution in [1.82, 2.24) is 4.90 Å². The fraction of sp³-hybridized carbons (Fsp3) is 0.391. The van der Waals surface area contributed by atoms with Crippen LogP contribution in [-0.2, 0) is 14.3 Å². The molecule has 1 N–H and O–H groups in total. The van der Waals surface area contributed by atoms with Crippen LogP contribution in [0.15, 0.2) is 40.3 Å². The Morgan fingerprint density at radius 3 is 2.29 bits per heavy atom. The number of hydrogen-bond acceptors (Lipinski definition) is 7. The molecule has 1 aliphatic rings. The lowest BCUT2D eigenvalue weighted by atomic mass is 9.98. The van der Waals surface area contributed by atoms with Crippen LogP contribution in [0.3, 0.4) is 0 Å². The highest BCUT2D eigenvalue weighted by Crippen LogP contribution is 2.43. The number of hydrogen-bond donors (Lipinski definition) is 1. The number of methoxy groups -OCH3 is 2. The van der Waals surface area contributed by atoms with E-state index in [1.807, 2.05) is 13.8 Å². The van der Waals surface area contributed by atoms with E-state index in [0.29, 0.717) is 23.0 Å². The molecule has 1 aromatic carbocycles. The average molecular weight is 429 g/mol. The number of amides is 1. The zero-order valence-electron chi connectivity index (χ0n) is 18.3. The van der Waals surface area contributed by atoms with Crippen LogP contribution in [0.4, 0.5) is 0 Å². The molecule has 0 aliphatic carbocycles. The molecule has 166 valence electrons. The number of carbonyl (C=O) groups excluding carboxylic acids is 2. The topological polar surface area (TPSA) is 98.4 Å². The molecule has 1 atom stereocenters. The van der Waals surface area contributed by atoms with Crippen molar-refractivity contribution in [2.75, 3.05) is 27.4 Å². The predicted octanol–water partition coefficient (Wildman–Crippen LogP) is 3.45. The molecule has 0 bridgehead atoms. The second kappa shape index (κ2) is 9.26. The Morgan fingerprint density at radius 2 is 1.77 bits per heavy atom. The van der Waals surface area contributed by atoms with Gasteiger partial charge >= 0.3 is 0 Å². The fourth-order valence-corrected chi connectivity index (χ4v) is 3.61. The molecule has 1 unspecified atom stereocenters. The number of rotatable bonds is 8.